The van der Waals surface area contributed by atoms with Crippen molar-refractivity contribution >= 4 is 5.91 Å². The van der Waals surface area contributed by atoms with E-state index in [-0.39, 0.29) is 0 Å². The standard InChI is InChI=1S/C10H16N4O/c11-7-1-3-8(4-2-7)14-6-5-13-10(14)9(12)15/h5-8H,1-4,11H2,(H2,12,15). The van der Waals surface area contributed by atoms with Gasteiger partial charge in [-0.25, -0.2) is 4.98 Å². The van der Waals surface area contributed by atoms with Crippen molar-refractivity contribution in [2.45, 2.75) is 37.8 Å². The molecule has 5 heteroatoms. The molecule has 2 rings (SSSR count). The molecule has 1 amide bonds. The zero-order chi connectivity index (χ0) is 10.8. The molecule has 1 fully saturated rings. The Morgan fingerprint density at radius 2 is 2.07 bits per heavy atom. The highest BCUT2D eigenvalue weighted by molar-refractivity contribution is 5.89. The summed E-state index contributed by atoms with van der Waals surface area (Å²) >= 11 is 0. The predicted octanol–water partition coefficient (Wildman–Crippen LogP) is 0.424. The molecule has 0 bridgehead atoms. The van der Waals surface area contributed by atoms with Crippen LogP contribution in [0.4, 0.5) is 0 Å². The maximum atomic E-state index is 11.1. The van der Waals surface area contributed by atoms with E-state index < -0.39 is 5.91 Å². The topological polar surface area (TPSA) is 86.9 Å². The molecule has 5 nitrogen and oxygen atoms in total. The van der Waals surface area contributed by atoms with Gasteiger partial charge in [0.15, 0.2) is 5.82 Å². The highest BCUT2D eigenvalue weighted by Crippen LogP contribution is 2.28. The molecule has 0 unspecified atom stereocenters. The fourth-order valence-electron chi connectivity index (χ4n) is 2.18. The van der Waals surface area contributed by atoms with Gasteiger partial charge in [-0.3, -0.25) is 4.79 Å². The lowest BCUT2D eigenvalue weighted by atomic mass is 9.91. The molecule has 15 heavy (non-hydrogen) atoms. The highest BCUT2D eigenvalue weighted by Gasteiger charge is 2.22. The Labute approximate surface area is 88.5 Å². The summed E-state index contributed by atoms with van der Waals surface area (Å²) in [5, 5.41) is 0. The van der Waals surface area contributed by atoms with Gasteiger partial charge in [-0.15, -0.1) is 0 Å². The third-order valence-corrected chi connectivity index (χ3v) is 3.02. The number of carbonyl (C=O) groups excluding carboxylic acids is 1. The lowest BCUT2D eigenvalue weighted by Crippen LogP contribution is -2.29. The number of rotatable bonds is 2. The summed E-state index contributed by atoms with van der Waals surface area (Å²) in [6.07, 6.45) is 7.44. The van der Waals surface area contributed by atoms with Gasteiger partial charge in [0.2, 0.25) is 0 Å². The zero-order valence-corrected chi connectivity index (χ0v) is 8.60. The Bertz CT molecular complexity index is 352. The van der Waals surface area contributed by atoms with E-state index in [1.54, 1.807) is 6.20 Å². The van der Waals surface area contributed by atoms with E-state index in [1.807, 2.05) is 10.8 Å². The van der Waals surface area contributed by atoms with E-state index in [4.69, 9.17) is 11.5 Å². The Morgan fingerprint density at radius 3 is 2.67 bits per heavy atom. The number of primary amides is 1. The van der Waals surface area contributed by atoms with Gasteiger partial charge in [-0.2, -0.15) is 0 Å². The number of imidazole rings is 1. The number of hydrogen-bond donors (Lipinski definition) is 2. The number of carbonyl (C=O) groups is 1. The maximum absolute atomic E-state index is 11.1. The number of nitrogens with zero attached hydrogens (tertiary/aromatic N) is 2. The van der Waals surface area contributed by atoms with Crippen LogP contribution in [0.15, 0.2) is 12.4 Å². The van der Waals surface area contributed by atoms with Crippen LogP contribution < -0.4 is 11.5 Å². The molecular formula is C10H16N4O. The van der Waals surface area contributed by atoms with Gasteiger partial charge in [0, 0.05) is 24.5 Å². The summed E-state index contributed by atoms with van der Waals surface area (Å²) in [6, 6.07) is 0.636. The van der Waals surface area contributed by atoms with Crippen LogP contribution in [-0.2, 0) is 0 Å². The average molecular weight is 208 g/mol. The van der Waals surface area contributed by atoms with Crippen LogP contribution in [0.25, 0.3) is 0 Å². The third kappa shape index (κ3) is 2.02. The molecule has 1 heterocycles. The Balaban J connectivity index is 2.15. The van der Waals surface area contributed by atoms with E-state index >= 15 is 0 Å². The summed E-state index contributed by atoms with van der Waals surface area (Å²) in [4.78, 5) is 15.1. The molecule has 1 aliphatic carbocycles. The van der Waals surface area contributed by atoms with Crippen LogP contribution in [0.3, 0.4) is 0 Å². The minimum Gasteiger partial charge on any atom is -0.363 e. The summed E-state index contributed by atoms with van der Waals surface area (Å²) in [7, 11) is 0. The van der Waals surface area contributed by atoms with Gasteiger partial charge < -0.3 is 16.0 Å². The second-order valence-electron chi connectivity index (χ2n) is 4.09. The molecular weight excluding hydrogens is 192 g/mol. The summed E-state index contributed by atoms with van der Waals surface area (Å²) in [5.41, 5.74) is 11.1. The smallest absolute Gasteiger partial charge is 0.284 e. The number of hydrogen-bond acceptors (Lipinski definition) is 3. The molecule has 1 aliphatic rings. The van der Waals surface area contributed by atoms with Crippen LogP contribution in [0, 0.1) is 0 Å². The molecule has 0 aromatic carbocycles. The molecule has 0 spiro atoms. The lowest BCUT2D eigenvalue weighted by Gasteiger charge is -2.27. The first-order chi connectivity index (χ1) is 7.18. The highest BCUT2D eigenvalue weighted by atomic mass is 16.1. The fraction of sp³-hybridized carbons (Fsp3) is 0.600. The van der Waals surface area contributed by atoms with Crippen LogP contribution in [0.5, 0.6) is 0 Å². The fourth-order valence-corrected chi connectivity index (χ4v) is 2.18. The second kappa shape index (κ2) is 4.02. The molecule has 0 saturated heterocycles. The Morgan fingerprint density at radius 1 is 1.40 bits per heavy atom. The quantitative estimate of drug-likeness (QED) is 0.738. The zero-order valence-electron chi connectivity index (χ0n) is 8.60. The number of aromatic nitrogens is 2. The van der Waals surface area contributed by atoms with Crippen molar-refractivity contribution in [1.82, 2.24) is 9.55 Å². The lowest BCUT2D eigenvalue weighted by molar-refractivity contribution is 0.0982. The van der Waals surface area contributed by atoms with Gasteiger partial charge in [0.05, 0.1) is 0 Å². The molecule has 82 valence electrons. The van der Waals surface area contributed by atoms with E-state index in [0.29, 0.717) is 17.9 Å². The van der Waals surface area contributed by atoms with Crippen molar-refractivity contribution in [3.63, 3.8) is 0 Å². The molecule has 4 N–H and O–H groups in total. The Hall–Kier alpha value is -1.36. The van der Waals surface area contributed by atoms with Crippen molar-refractivity contribution in [3.8, 4) is 0 Å². The van der Waals surface area contributed by atoms with Gasteiger partial charge in [0.25, 0.3) is 5.91 Å². The van der Waals surface area contributed by atoms with Crippen molar-refractivity contribution in [1.29, 1.82) is 0 Å². The maximum Gasteiger partial charge on any atom is 0.284 e. The first-order valence-corrected chi connectivity index (χ1v) is 5.26. The van der Waals surface area contributed by atoms with E-state index in [0.717, 1.165) is 25.7 Å². The van der Waals surface area contributed by atoms with Crippen molar-refractivity contribution < 1.29 is 4.79 Å². The van der Waals surface area contributed by atoms with Crippen LogP contribution in [0.1, 0.15) is 42.3 Å². The minimum absolute atomic E-state index is 0.307. The molecule has 0 atom stereocenters. The van der Waals surface area contributed by atoms with Crippen molar-refractivity contribution in [2.75, 3.05) is 0 Å². The SMILES string of the molecule is NC(=O)c1nccn1C1CCC(N)CC1. The first kappa shape index (κ1) is 10.2. The summed E-state index contributed by atoms with van der Waals surface area (Å²) in [6.45, 7) is 0. The normalized spacial score (nSPS) is 26.5. The van der Waals surface area contributed by atoms with Crippen LogP contribution in [0.2, 0.25) is 0 Å². The molecule has 0 aliphatic heterocycles. The van der Waals surface area contributed by atoms with Crippen LogP contribution >= 0.6 is 0 Å². The van der Waals surface area contributed by atoms with Gasteiger partial charge in [-0.05, 0) is 25.7 Å². The first-order valence-electron chi connectivity index (χ1n) is 5.26. The number of nitrogens with two attached hydrogens (primary N) is 2. The van der Waals surface area contributed by atoms with Crippen LogP contribution in [-0.4, -0.2) is 21.5 Å². The van der Waals surface area contributed by atoms with Crippen molar-refractivity contribution in [2.24, 2.45) is 11.5 Å². The van der Waals surface area contributed by atoms with E-state index in [9.17, 15) is 4.79 Å². The van der Waals surface area contributed by atoms with Gasteiger partial charge in [0.1, 0.15) is 0 Å². The molecule has 1 saturated carbocycles. The van der Waals surface area contributed by atoms with Gasteiger partial charge >= 0.3 is 0 Å². The molecule has 0 radical (unpaired) electrons. The monoisotopic (exact) mass is 208 g/mol. The molecule has 1 aromatic rings. The largest absolute Gasteiger partial charge is 0.363 e. The van der Waals surface area contributed by atoms with Gasteiger partial charge in [-0.1, -0.05) is 0 Å². The predicted molar refractivity (Wildman–Crippen MR) is 56.2 cm³/mol. The Kier molecular flexibility index (Phi) is 2.73. The minimum atomic E-state index is -0.463. The van der Waals surface area contributed by atoms with Crippen molar-refractivity contribution in [3.05, 3.63) is 18.2 Å². The van der Waals surface area contributed by atoms with E-state index in [2.05, 4.69) is 4.98 Å². The average Bonchev–Trinajstić information content (AvgIpc) is 2.67. The summed E-state index contributed by atoms with van der Waals surface area (Å²) in [5.74, 6) is -0.106. The number of amides is 1. The third-order valence-electron chi connectivity index (χ3n) is 3.02. The second-order valence-corrected chi connectivity index (χ2v) is 4.09. The molecule has 1 aromatic heterocycles. The summed E-state index contributed by atoms with van der Waals surface area (Å²) < 4.78 is 1.88. The van der Waals surface area contributed by atoms with E-state index in [1.165, 1.54) is 0 Å².